The fourth-order valence-corrected chi connectivity index (χ4v) is 4.04. The van der Waals surface area contributed by atoms with Gasteiger partial charge in [0.2, 0.25) is 5.16 Å². The van der Waals surface area contributed by atoms with Crippen molar-refractivity contribution in [1.82, 2.24) is 14.5 Å². The van der Waals surface area contributed by atoms with E-state index < -0.39 is 10.8 Å². The van der Waals surface area contributed by atoms with Crippen LogP contribution in [0.25, 0.3) is 11.0 Å². The molecule has 6 nitrogen and oxygen atoms in total. The lowest BCUT2D eigenvalue weighted by atomic mass is 10.1. The SMILES string of the molecule is COc1c(C)cnc(CS(=O)c2nc3ccccc3n2CO)c1C. The highest BCUT2D eigenvalue weighted by atomic mass is 32.2. The van der Waals surface area contributed by atoms with Crippen molar-refractivity contribution in [2.45, 2.75) is 31.5 Å². The molecule has 0 saturated carbocycles. The van der Waals surface area contributed by atoms with Gasteiger partial charge in [-0.3, -0.25) is 13.8 Å². The summed E-state index contributed by atoms with van der Waals surface area (Å²) in [6, 6.07) is 7.40. The van der Waals surface area contributed by atoms with E-state index in [1.807, 2.05) is 38.1 Å². The van der Waals surface area contributed by atoms with Gasteiger partial charge in [0.1, 0.15) is 12.5 Å². The van der Waals surface area contributed by atoms with Crippen LogP contribution in [-0.2, 0) is 23.3 Å². The summed E-state index contributed by atoms with van der Waals surface area (Å²) >= 11 is 0. The van der Waals surface area contributed by atoms with Crippen LogP contribution >= 0.6 is 0 Å². The molecule has 0 aliphatic heterocycles. The predicted octanol–water partition coefficient (Wildman–Crippen LogP) is 2.31. The number of imidazole rings is 1. The summed E-state index contributed by atoms with van der Waals surface area (Å²) in [5, 5.41) is 9.99. The number of hydrogen-bond acceptors (Lipinski definition) is 5. The molecule has 1 atom stereocenters. The molecule has 126 valence electrons. The van der Waals surface area contributed by atoms with Gasteiger partial charge in [-0.15, -0.1) is 0 Å². The number of methoxy groups -OCH3 is 1. The molecule has 0 spiro atoms. The Morgan fingerprint density at radius 2 is 2.04 bits per heavy atom. The van der Waals surface area contributed by atoms with E-state index in [1.165, 1.54) is 0 Å². The number of nitrogens with zero attached hydrogens (tertiary/aromatic N) is 3. The van der Waals surface area contributed by atoms with E-state index in [4.69, 9.17) is 4.74 Å². The minimum absolute atomic E-state index is 0.214. The van der Waals surface area contributed by atoms with E-state index in [2.05, 4.69) is 9.97 Å². The highest BCUT2D eigenvalue weighted by molar-refractivity contribution is 7.84. The Morgan fingerprint density at radius 1 is 1.29 bits per heavy atom. The molecule has 3 rings (SSSR count). The Labute approximate surface area is 142 Å². The third-order valence-electron chi connectivity index (χ3n) is 3.98. The molecule has 0 aliphatic rings. The van der Waals surface area contributed by atoms with Gasteiger partial charge in [0.15, 0.2) is 0 Å². The fourth-order valence-electron chi connectivity index (χ4n) is 2.77. The van der Waals surface area contributed by atoms with Gasteiger partial charge in [0.25, 0.3) is 0 Å². The minimum Gasteiger partial charge on any atom is -0.496 e. The number of ether oxygens (including phenoxy) is 1. The van der Waals surface area contributed by atoms with Crippen LogP contribution in [0.15, 0.2) is 35.6 Å². The second-order valence-electron chi connectivity index (χ2n) is 5.49. The maximum atomic E-state index is 12.8. The zero-order valence-corrected chi connectivity index (χ0v) is 14.6. The normalized spacial score (nSPS) is 12.5. The first-order valence-corrected chi connectivity index (χ1v) is 8.82. The first-order valence-electron chi connectivity index (χ1n) is 7.50. The van der Waals surface area contributed by atoms with Gasteiger partial charge >= 0.3 is 0 Å². The van der Waals surface area contributed by atoms with Crippen LogP contribution in [0, 0.1) is 13.8 Å². The average Bonchev–Trinajstić information content (AvgIpc) is 2.96. The Bertz CT molecular complexity index is 921. The van der Waals surface area contributed by atoms with Crippen LogP contribution in [0.4, 0.5) is 0 Å². The smallest absolute Gasteiger partial charge is 0.202 e. The van der Waals surface area contributed by atoms with Crippen molar-refractivity contribution in [2.24, 2.45) is 0 Å². The number of para-hydroxylation sites is 2. The van der Waals surface area contributed by atoms with E-state index in [0.717, 1.165) is 22.4 Å². The maximum absolute atomic E-state index is 12.8. The van der Waals surface area contributed by atoms with Gasteiger partial charge in [-0.25, -0.2) is 4.98 Å². The van der Waals surface area contributed by atoms with Crippen LogP contribution in [0.5, 0.6) is 5.75 Å². The third kappa shape index (κ3) is 2.81. The second kappa shape index (κ2) is 6.70. The van der Waals surface area contributed by atoms with Crippen molar-refractivity contribution in [3.8, 4) is 5.75 Å². The van der Waals surface area contributed by atoms with Gasteiger partial charge in [-0.2, -0.15) is 0 Å². The highest BCUT2D eigenvalue weighted by Gasteiger charge is 2.19. The highest BCUT2D eigenvalue weighted by Crippen LogP contribution is 2.26. The van der Waals surface area contributed by atoms with Gasteiger partial charge in [-0.1, -0.05) is 12.1 Å². The molecule has 0 aliphatic carbocycles. The van der Waals surface area contributed by atoms with Crippen molar-refractivity contribution in [3.63, 3.8) is 0 Å². The lowest BCUT2D eigenvalue weighted by Gasteiger charge is -2.12. The van der Waals surface area contributed by atoms with Gasteiger partial charge < -0.3 is 9.84 Å². The molecule has 1 N–H and O–H groups in total. The monoisotopic (exact) mass is 345 g/mol. The summed E-state index contributed by atoms with van der Waals surface area (Å²) in [5.74, 6) is 0.971. The van der Waals surface area contributed by atoms with E-state index in [1.54, 1.807) is 17.9 Å². The Hall–Kier alpha value is -2.25. The van der Waals surface area contributed by atoms with Crippen molar-refractivity contribution in [2.75, 3.05) is 7.11 Å². The molecule has 1 unspecified atom stereocenters. The quantitative estimate of drug-likeness (QED) is 0.768. The number of fused-ring (bicyclic) bond motifs is 1. The van der Waals surface area contributed by atoms with E-state index in [0.29, 0.717) is 16.4 Å². The summed E-state index contributed by atoms with van der Waals surface area (Å²) in [4.78, 5) is 8.80. The zero-order valence-electron chi connectivity index (χ0n) is 13.8. The number of aromatic nitrogens is 3. The first kappa shape index (κ1) is 16.6. The Kier molecular flexibility index (Phi) is 4.64. The van der Waals surface area contributed by atoms with Crippen LogP contribution in [0.2, 0.25) is 0 Å². The second-order valence-corrected chi connectivity index (χ2v) is 6.83. The number of rotatable bonds is 5. The van der Waals surface area contributed by atoms with Crippen LogP contribution in [-0.4, -0.2) is 31.0 Å². The molecular formula is C17H19N3O3S. The number of aliphatic hydroxyl groups excluding tert-OH is 1. The van der Waals surface area contributed by atoms with E-state index >= 15 is 0 Å². The molecule has 0 bridgehead atoms. The van der Waals surface area contributed by atoms with Crippen LogP contribution in [0.1, 0.15) is 16.8 Å². The van der Waals surface area contributed by atoms with Crippen LogP contribution < -0.4 is 4.74 Å². The number of aliphatic hydroxyl groups is 1. The number of pyridine rings is 1. The topological polar surface area (TPSA) is 77.2 Å². The Morgan fingerprint density at radius 3 is 2.75 bits per heavy atom. The van der Waals surface area contributed by atoms with E-state index in [-0.39, 0.29) is 12.5 Å². The summed E-state index contributed by atoms with van der Waals surface area (Å²) < 4.78 is 19.8. The number of hydrogen-bond donors (Lipinski definition) is 1. The third-order valence-corrected chi connectivity index (χ3v) is 5.24. The number of aryl methyl sites for hydroxylation is 1. The molecule has 7 heteroatoms. The molecule has 0 radical (unpaired) electrons. The molecular weight excluding hydrogens is 326 g/mol. The van der Waals surface area contributed by atoms with Gasteiger partial charge in [0, 0.05) is 17.3 Å². The van der Waals surface area contributed by atoms with Crippen molar-refractivity contribution in [3.05, 3.63) is 47.3 Å². The summed E-state index contributed by atoms with van der Waals surface area (Å²) in [6.07, 6.45) is 1.72. The van der Waals surface area contributed by atoms with E-state index in [9.17, 15) is 9.32 Å². The first-order chi connectivity index (χ1) is 11.6. The standard InChI is InChI=1S/C17H19N3O3S/c1-11-8-18-14(12(2)16(11)23-3)9-24(22)17-19-13-6-4-5-7-15(13)20(17)10-21/h4-8,21H,9-10H2,1-3H3. The van der Waals surface area contributed by atoms with Gasteiger partial charge in [0.05, 0.1) is 40.4 Å². The molecule has 24 heavy (non-hydrogen) atoms. The van der Waals surface area contributed by atoms with Crippen molar-refractivity contribution < 1.29 is 14.1 Å². The molecule has 0 fully saturated rings. The molecule has 2 heterocycles. The Balaban J connectivity index is 1.99. The lowest BCUT2D eigenvalue weighted by molar-refractivity contribution is 0.204. The number of benzene rings is 1. The molecule has 0 saturated heterocycles. The molecule has 2 aromatic heterocycles. The largest absolute Gasteiger partial charge is 0.496 e. The lowest BCUT2D eigenvalue weighted by Crippen LogP contribution is -2.09. The maximum Gasteiger partial charge on any atom is 0.202 e. The van der Waals surface area contributed by atoms with Crippen molar-refractivity contribution in [1.29, 1.82) is 0 Å². The fraction of sp³-hybridized carbons (Fsp3) is 0.294. The zero-order chi connectivity index (χ0) is 17.3. The molecule has 3 aromatic rings. The summed E-state index contributed by atoms with van der Waals surface area (Å²) in [7, 11) is 0.181. The average molecular weight is 345 g/mol. The molecule has 0 amide bonds. The molecule has 1 aromatic carbocycles. The summed E-state index contributed by atoms with van der Waals surface area (Å²) in [6.45, 7) is 3.55. The van der Waals surface area contributed by atoms with Crippen molar-refractivity contribution >= 4 is 21.8 Å². The minimum atomic E-state index is -1.43. The predicted molar refractivity (Wildman–Crippen MR) is 92.3 cm³/mol. The summed E-state index contributed by atoms with van der Waals surface area (Å²) in [5.41, 5.74) is 3.98. The van der Waals surface area contributed by atoms with Gasteiger partial charge in [-0.05, 0) is 26.0 Å². The van der Waals surface area contributed by atoms with Crippen LogP contribution in [0.3, 0.4) is 0 Å².